The van der Waals surface area contributed by atoms with Crippen molar-refractivity contribution in [1.82, 2.24) is 4.98 Å². The highest BCUT2D eigenvalue weighted by molar-refractivity contribution is 5.24. The van der Waals surface area contributed by atoms with Crippen molar-refractivity contribution in [3.63, 3.8) is 0 Å². The first-order valence-corrected chi connectivity index (χ1v) is 4.16. The Balaban J connectivity index is 2.68. The number of H-pyrrole nitrogens is 1. The SMILES string of the molecule is Cc1cc(CC(O)CN)c(C)[nH]1. The smallest absolute Gasteiger partial charge is 0.0703 e. The lowest BCUT2D eigenvalue weighted by Gasteiger charge is -2.05. The van der Waals surface area contributed by atoms with Crippen molar-refractivity contribution in [1.29, 1.82) is 0 Å². The van der Waals surface area contributed by atoms with Crippen LogP contribution in [0.1, 0.15) is 17.0 Å². The molecule has 0 fully saturated rings. The van der Waals surface area contributed by atoms with Crippen molar-refractivity contribution < 1.29 is 5.11 Å². The van der Waals surface area contributed by atoms with E-state index in [1.165, 1.54) is 0 Å². The van der Waals surface area contributed by atoms with Crippen molar-refractivity contribution in [2.24, 2.45) is 5.73 Å². The van der Waals surface area contributed by atoms with Gasteiger partial charge in [-0.05, 0) is 25.5 Å². The molecule has 0 aliphatic heterocycles. The van der Waals surface area contributed by atoms with Crippen LogP contribution in [-0.2, 0) is 6.42 Å². The molecule has 1 heterocycles. The van der Waals surface area contributed by atoms with Crippen molar-refractivity contribution >= 4 is 0 Å². The summed E-state index contributed by atoms with van der Waals surface area (Å²) in [6.07, 6.45) is 0.228. The van der Waals surface area contributed by atoms with Crippen LogP contribution in [-0.4, -0.2) is 22.7 Å². The van der Waals surface area contributed by atoms with E-state index in [0.29, 0.717) is 13.0 Å². The van der Waals surface area contributed by atoms with Gasteiger partial charge in [-0.1, -0.05) is 0 Å². The lowest BCUT2D eigenvalue weighted by molar-refractivity contribution is 0.183. The highest BCUT2D eigenvalue weighted by Crippen LogP contribution is 2.11. The first-order chi connectivity index (χ1) is 5.63. The average molecular weight is 168 g/mol. The molecule has 0 aliphatic rings. The van der Waals surface area contributed by atoms with E-state index in [9.17, 15) is 5.11 Å². The van der Waals surface area contributed by atoms with Gasteiger partial charge in [0.2, 0.25) is 0 Å². The van der Waals surface area contributed by atoms with Gasteiger partial charge in [-0.15, -0.1) is 0 Å². The summed E-state index contributed by atoms with van der Waals surface area (Å²) in [6, 6.07) is 2.05. The number of rotatable bonds is 3. The highest BCUT2D eigenvalue weighted by atomic mass is 16.3. The predicted octanol–water partition coefficient (Wildman–Crippen LogP) is 0.494. The number of nitrogens with two attached hydrogens (primary N) is 1. The normalized spacial score (nSPS) is 13.3. The van der Waals surface area contributed by atoms with Crippen molar-refractivity contribution in [3.05, 3.63) is 23.0 Å². The molecule has 0 aromatic carbocycles. The number of aromatic amines is 1. The van der Waals surface area contributed by atoms with Crippen LogP contribution in [0.25, 0.3) is 0 Å². The molecule has 1 atom stereocenters. The summed E-state index contributed by atoms with van der Waals surface area (Å²) in [5.41, 5.74) is 8.73. The summed E-state index contributed by atoms with van der Waals surface area (Å²) in [4.78, 5) is 3.19. The fraction of sp³-hybridized carbons (Fsp3) is 0.556. The molecular weight excluding hydrogens is 152 g/mol. The molecule has 0 radical (unpaired) electrons. The van der Waals surface area contributed by atoms with Gasteiger partial charge < -0.3 is 15.8 Å². The van der Waals surface area contributed by atoms with Crippen molar-refractivity contribution in [3.8, 4) is 0 Å². The molecule has 1 aromatic rings. The van der Waals surface area contributed by atoms with E-state index in [-0.39, 0.29) is 0 Å². The average Bonchev–Trinajstić information content (AvgIpc) is 2.30. The Bertz CT molecular complexity index is 255. The van der Waals surface area contributed by atoms with E-state index in [4.69, 9.17) is 5.73 Å². The van der Waals surface area contributed by atoms with E-state index < -0.39 is 6.10 Å². The van der Waals surface area contributed by atoms with Crippen LogP contribution in [0.4, 0.5) is 0 Å². The molecule has 4 N–H and O–H groups in total. The summed E-state index contributed by atoms with van der Waals surface area (Å²) in [7, 11) is 0. The van der Waals surface area contributed by atoms with Gasteiger partial charge in [0.05, 0.1) is 6.10 Å². The number of nitrogens with one attached hydrogen (secondary N) is 1. The van der Waals surface area contributed by atoms with Gasteiger partial charge in [-0.2, -0.15) is 0 Å². The van der Waals surface area contributed by atoms with Crippen molar-refractivity contribution in [2.75, 3.05) is 6.54 Å². The topological polar surface area (TPSA) is 62.0 Å². The molecule has 0 bridgehead atoms. The van der Waals surface area contributed by atoms with Gasteiger partial charge >= 0.3 is 0 Å². The van der Waals surface area contributed by atoms with E-state index in [1.807, 2.05) is 19.9 Å². The number of aryl methyl sites for hydroxylation is 2. The van der Waals surface area contributed by atoms with Gasteiger partial charge in [-0.25, -0.2) is 0 Å². The summed E-state index contributed by atoms with van der Waals surface area (Å²) >= 11 is 0. The zero-order valence-corrected chi connectivity index (χ0v) is 7.59. The Morgan fingerprint density at radius 1 is 1.58 bits per heavy atom. The summed E-state index contributed by atoms with van der Waals surface area (Å²) in [5, 5.41) is 9.31. The van der Waals surface area contributed by atoms with Crippen molar-refractivity contribution in [2.45, 2.75) is 26.4 Å². The van der Waals surface area contributed by atoms with Gasteiger partial charge in [-0.3, -0.25) is 0 Å². The third-order valence-corrected chi connectivity index (χ3v) is 1.98. The third kappa shape index (κ3) is 2.09. The maximum atomic E-state index is 9.31. The second-order valence-corrected chi connectivity index (χ2v) is 3.20. The van der Waals surface area contributed by atoms with E-state index in [0.717, 1.165) is 17.0 Å². The van der Waals surface area contributed by atoms with Crippen LogP contribution in [0, 0.1) is 13.8 Å². The molecule has 0 amide bonds. The van der Waals surface area contributed by atoms with Gasteiger partial charge in [0, 0.05) is 24.4 Å². The minimum Gasteiger partial charge on any atom is -0.391 e. The third-order valence-electron chi connectivity index (χ3n) is 1.98. The molecule has 1 unspecified atom stereocenters. The minimum absolute atomic E-state index is 0.323. The first-order valence-electron chi connectivity index (χ1n) is 4.16. The van der Waals surface area contributed by atoms with E-state index in [1.54, 1.807) is 0 Å². The van der Waals surface area contributed by atoms with Crippen LogP contribution >= 0.6 is 0 Å². The minimum atomic E-state index is -0.418. The second kappa shape index (κ2) is 3.74. The standard InChI is InChI=1S/C9H16N2O/c1-6-3-8(7(2)11-6)4-9(12)5-10/h3,9,11-12H,4-5,10H2,1-2H3. The number of hydrogen-bond donors (Lipinski definition) is 3. The van der Waals surface area contributed by atoms with Gasteiger partial charge in [0.15, 0.2) is 0 Å². The number of hydrogen-bond acceptors (Lipinski definition) is 2. The van der Waals surface area contributed by atoms with Crippen LogP contribution in [0.15, 0.2) is 6.07 Å². The molecule has 1 aromatic heterocycles. The molecule has 3 nitrogen and oxygen atoms in total. The van der Waals surface area contributed by atoms with Crippen LogP contribution in [0.2, 0.25) is 0 Å². The fourth-order valence-electron chi connectivity index (χ4n) is 1.33. The summed E-state index contributed by atoms with van der Waals surface area (Å²) in [5.74, 6) is 0. The Kier molecular flexibility index (Phi) is 2.89. The molecule has 1 rings (SSSR count). The fourth-order valence-corrected chi connectivity index (χ4v) is 1.33. The maximum Gasteiger partial charge on any atom is 0.0703 e. The van der Waals surface area contributed by atoms with Crippen LogP contribution < -0.4 is 5.73 Å². The Morgan fingerprint density at radius 3 is 2.67 bits per heavy atom. The quantitative estimate of drug-likeness (QED) is 0.615. The molecular formula is C9H16N2O. The molecule has 0 saturated carbocycles. The lowest BCUT2D eigenvalue weighted by atomic mass is 10.1. The monoisotopic (exact) mass is 168 g/mol. The number of aromatic nitrogens is 1. The molecule has 12 heavy (non-hydrogen) atoms. The van der Waals surface area contributed by atoms with Crippen LogP contribution in [0.3, 0.4) is 0 Å². The largest absolute Gasteiger partial charge is 0.391 e. The zero-order chi connectivity index (χ0) is 9.14. The Morgan fingerprint density at radius 2 is 2.25 bits per heavy atom. The first kappa shape index (κ1) is 9.29. The molecule has 0 spiro atoms. The Labute approximate surface area is 72.6 Å². The number of aliphatic hydroxyl groups excluding tert-OH is 1. The molecule has 3 heteroatoms. The molecule has 68 valence electrons. The predicted molar refractivity (Wildman–Crippen MR) is 49.0 cm³/mol. The van der Waals surface area contributed by atoms with Gasteiger partial charge in [0.1, 0.15) is 0 Å². The Hall–Kier alpha value is -0.800. The number of aliphatic hydroxyl groups is 1. The molecule has 0 aliphatic carbocycles. The van der Waals surface area contributed by atoms with Crippen LogP contribution in [0.5, 0.6) is 0 Å². The maximum absolute atomic E-state index is 9.31. The summed E-state index contributed by atoms with van der Waals surface area (Å²) in [6.45, 7) is 4.33. The molecule has 0 saturated heterocycles. The highest BCUT2D eigenvalue weighted by Gasteiger charge is 2.07. The second-order valence-electron chi connectivity index (χ2n) is 3.20. The lowest BCUT2D eigenvalue weighted by Crippen LogP contribution is -2.22. The van der Waals surface area contributed by atoms with E-state index in [2.05, 4.69) is 4.98 Å². The zero-order valence-electron chi connectivity index (χ0n) is 7.59. The van der Waals surface area contributed by atoms with E-state index >= 15 is 0 Å². The summed E-state index contributed by atoms with van der Waals surface area (Å²) < 4.78 is 0. The van der Waals surface area contributed by atoms with Gasteiger partial charge in [0.25, 0.3) is 0 Å².